The van der Waals surface area contributed by atoms with E-state index in [0.717, 1.165) is 0 Å². The van der Waals surface area contributed by atoms with E-state index in [2.05, 4.69) is 4.98 Å². The molecule has 0 fully saturated rings. The van der Waals surface area contributed by atoms with Crippen LogP contribution in [0, 0.1) is 0 Å². The number of rotatable bonds is 2. The maximum atomic E-state index is 12.0. The summed E-state index contributed by atoms with van der Waals surface area (Å²) in [5, 5.41) is 0. The van der Waals surface area contributed by atoms with E-state index in [-0.39, 0.29) is 11.4 Å². The van der Waals surface area contributed by atoms with E-state index in [4.69, 9.17) is 11.6 Å². The van der Waals surface area contributed by atoms with Crippen LogP contribution in [0.25, 0.3) is 0 Å². The summed E-state index contributed by atoms with van der Waals surface area (Å²) in [4.78, 5) is 3.78. The Labute approximate surface area is 68.0 Å². The van der Waals surface area contributed by atoms with Crippen LogP contribution in [0.15, 0.2) is 18.3 Å². The van der Waals surface area contributed by atoms with Gasteiger partial charge in [-0.2, -0.15) is 0 Å². The van der Waals surface area contributed by atoms with Crippen molar-refractivity contribution in [3.8, 4) is 0 Å². The average Bonchev–Trinajstić information content (AvgIpc) is 2.05. The molecule has 0 unspecified atom stereocenters. The second-order valence-corrected chi connectivity index (χ2v) is 2.28. The van der Waals surface area contributed by atoms with Gasteiger partial charge in [0.2, 0.25) is 0 Å². The predicted octanol–water partition coefficient (Wildman–Crippen LogP) is 2.76. The van der Waals surface area contributed by atoms with Gasteiger partial charge in [0, 0.05) is 11.8 Å². The highest BCUT2D eigenvalue weighted by Crippen LogP contribution is 2.18. The van der Waals surface area contributed by atoms with Gasteiger partial charge in [-0.15, -0.1) is 11.6 Å². The Morgan fingerprint density at radius 2 is 2.27 bits per heavy atom. The summed E-state index contributed by atoms with van der Waals surface area (Å²) in [6.07, 6.45) is -1.11. The van der Waals surface area contributed by atoms with Gasteiger partial charge in [-0.3, -0.25) is 4.98 Å². The van der Waals surface area contributed by atoms with Crippen LogP contribution in [0.1, 0.15) is 17.7 Å². The Morgan fingerprint density at radius 1 is 1.55 bits per heavy atom. The summed E-state index contributed by atoms with van der Waals surface area (Å²) in [5.74, 6) is 0.167. The lowest BCUT2D eigenvalue weighted by atomic mass is 10.2. The van der Waals surface area contributed by atoms with Crippen LogP contribution >= 0.6 is 11.6 Å². The zero-order chi connectivity index (χ0) is 8.27. The lowest BCUT2D eigenvalue weighted by Gasteiger charge is -1.99. The highest BCUT2D eigenvalue weighted by Gasteiger charge is 2.06. The second-order valence-electron chi connectivity index (χ2n) is 2.01. The van der Waals surface area contributed by atoms with Gasteiger partial charge in [-0.25, -0.2) is 8.78 Å². The van der Waals surface area contributed by atoms with Gasteiger partial charge in [-0.1, -0.05) is 0 Å². The highest BCUT2D eigenvalue weighted by molar-refractivity contribution is 6.16. The van der Waals surface area contributed by atoms with Crippen molar-refractivity contribution in [3.05, 3.63) is 29.6 Å². The van der Waals surface area contributed by atoms with Crippen LogP contribution in [0.5, 0.6) is 0 Å². The molecule has 0 spiro atoms. The van der Waals surface area contributed by atoms with E-state index >= 15 is 0 Å². The van der Waals surface area contributed by atoms with Crippen LogP contribution in [0.2, 0.25) is 0 Å². The molecule has 0 aromatic carbocycles. The molecule has 0 amide bonds. The number of hydrogen-bond donors (Lipinski definition) is 0. The van der Waals surface area contributed by atoms with Crippen LogP contribution in [-0.4, -0.2) is 4.98 Å². The first-order valence-corrected chi connectivity index (χ1v) is 3.56. The zero-order valence-electron chi connectivity index (χ0n) is 5.60. The summed E-state index contributed by atoms with van der Waals surface area (Å²) in [6.45, 7) is 0. The van der Waals surface area contributed by atoms with Crippen LogP contribution in [0.4, 0.5) is 8.78 Å². The van der Waals surface area contributed by atoms with Gasteiger partial charge < -0.3 is 0 Å². The molecular weight excluding hydrogens is 172 g/mol. The van der Waals surface area contributed by atoms with E-state index in [0.29, 0.717) is 5.69 Å². The zero-order valence-corrected chi connectivity index (χ0v) is 6.35. The van der Waals surface area contributed by atoms with Crippen molar-refractivity contribution >= 4 is 11.6 Å². The summed E-state index contributed by atoms with van der Waals surface area (Å²) in [6, 6.07) is 2.58. The molecule has 1 rings (SSSR count). The first-order chi connectivity index (χ1) is 5.24. The Kier molecular flexibility index (Phi) is 2.76. The Hall–Kier alpha value is -0.700. The standard InChI is InChI=1S/C7H6ClF2N/c8-4-6-3-5(7(9)10)1-2-11-6/h1-3,7H,4H2. The lowest BCUT2D eigenvalue weighted by Crippen LogP contribution is -1.89. The molecule has 1 aromatic heterocycles. The number of alkyl halides is 3. The van der Waals surface area contributed by atoms with E-state index in [1.165, 1.54) is 18.3 Å². The molecule has 60 valence electrons. The van der Waals surface area contributed by atoms with E-state index in [1.807, 2.05) is 0 Å². The van der Waals surface area contributed by atoms with Crippen LogP contribution in [0.3, 0.4) is 0 Å². The van der Waals surface area contributed by atoms with Crippen molar-refractivity contribution in [1.82, 2.24) is 4.98 Å². The number of aromatic nitrogens is 1. The SMILES string of the molecule is FC(F)c1ccnc(CCl)c1. The van der Waals surface area contributed by atoms with Gasteiger partial charge >= 0.3 is 0 Å². The Bertz CT molecular complexity index is 240. The van der Waals surface area contributed by atoms with Gasteiger partial charge in [-0.05, 0) is 12.1 Å². The van der Waals surface area contributed by atoms with Crippen molar-refractivity contribution in [1.29, 1.82) is 0 Å². The Balaban J connectivity index is 2.91. The molecule has 0 aliphatic carbocycles. The summed E-state index contributed by atoms with van der Waals surface area (Å²) in [7, 11) is 0. The quantitative estimate of drug-likeness (QED) is 0.633. The van der Waals surface area contributed by atoms with Gasteiger partial charge in [0.15, 0.2) is 0 Å². The van der Waals surface area contributed by atoms with Crippen molar-refractivity contribution < 1.29 is 8.78 Å². The molecule has 0 atom stereocenters. The van der Waals surface area contributed by atoms with Gasteiger partial charge in [0.05, 0.1) is 11.6 Å². The molecule has 0 saturated heterocycles. The van der Waals surface area contributed by atoms with Gasteiger partial charge in [0.25, 0.3) is 6.43 Å². The monoisotopic (exact) mass is 177 g/mol. The minimum atomic E-state index is -2.44. The van der Waals surface area contributed by atoms with E-state index < -0.39 is 6.43 Å². The number of hydrogen-bond acceptors (Lipinski definition) is 1. The molecule has 0 saturated carbocycles. The number of nitrogens with zero attached hydrogens (tertiary/aromatic N) is 1. The first kappa shape index (κ1) is 8.40. The van der Waals surface area contributed by atoms with Crippen molar-refractivity contribution in [3.63, 3.8) is 0 Å². The van der Waals surface area contributed by atoms with E-state index in [9.17, 15) is 8.78 Å². The molecule has 0 aliphatic heterocycles. The largest absolute Gasteiger partial charge is 0.263 e. The average molecular weight is 178 g/mol. The molecule has 11 heavy (non-hydrogen) atoms. The Morgan fingerprint density at radius 3 is 2.82 bits per heavy atom. The third kappa shape index (κ3) is 2.12. The van der Waals surface area contributed by atoms with Gasteiger partial charge in [0.1, 0.15) is 0 Å². The fraction of sp³-hybridized carbons (Fsp3) is 0.286. The van der Waals surface area contributed by atoms with Crippen molar-refractivity contribution in [2.45, 2.75) is 12.3 Å². The fourth-order valence-electron chi connectivity index (χ4n) is 0.706. The number of pyridine rings is 1. The highest BCUT2D eigenvalue weighted by atomic mass is 35.5. The minimum absolute atomic E-state index is 0.0318. The minimum Gasteiger partial charge on any atom is -0.260 e. The number of halogens is 3. The second kappa shape index (κ2) is 3.62. The molecule has 1 nitrogen and oxygen atoms in total. The molecule has 0 aliphatic rings. The molecule has 1 aromatic rings. The smallest absolute Gasteiger partial charge is 0.260 e. The normalized spacial score (nSPS) is 10.5. The van der Waals surface area contributed by atoms with Crippen molar-refractivity contribution in [2.24, 2.45) is 0 Å². The van der Waals surface area contributed by atoms with Crippen LogP contribution in [-0.2, 0) is 5.88 Å². The maximum Gasteiger partial charge on any atom is 0.263 e. The molecule has 0 radical (unpaired) electrons. The van der Waals surface area contributed by atoms with E-state index in [1.54, 1.807) is 0 Å². The maximum absolute atomic E-state index is 12.0. The molecular formula is C7H6ClF2N. The summed E-state index contributed by atoms with van der Waals surface area (Å²) in [5.41, 5.74) is 0.445. The van der Waals surface area contributed by atoms with Crippen LogP contribution < -0.4 is 0 Å². The fourth-order valence-corrected chi connectivity index (χ4v) is 0.852. The first-order valence-electron chi connectivity index (χ1n) is 3.03. The molecule has 0 bridgehead atoms. The molecule has 4 heteroatoms. The summed E-state index contributed by atoms with van der Waals surface area (Å²) >= 11 is 5.40. The topological polar surface area (TPSA) is 12.9 Å². The summed E-state index contributed by atoms with van der Waals surface area (Å²) < 4.78 is 24.0. The molecule has 0 N–H and O–H groups in total. The third-order valence-electron chi connectivity index (χ3n) is 1.23. The predicted molar refractivity (Wildman–Crippen MR) is 38.8 cm³/mol. The lowest BCUT2D eigenvalue weighted by molar-refractivity contribution is 0.151. The third-order valence-corrected chi connectivity index (χ3v) is 1.50. The van der Waals surface area contributed by atoms with Crippen molar-refractivity contribution in [2.75, 3.05) is 0 Å². The molecule has 1 heterocycles.